The fourth-order valence-electron chi connectivity index (χ4n) is 1.58. The normalized spacial score (nSPS) is 11.5. The van der Waals surface area contributed by atoms with Crippen LogP contribution in [0.2, 0.25) is 0 Å². The molecule has 0 saturated carbocycles. The van der Waals surface area contributed by atoms with Crippen molar-refractivity contribution >= 4 is 45.1 Å². The Balaban J connectivity index is 1.98. The van der Waals surface area contributed by atoms with Crippen molar-refractivity contribution in [2.45, 2.75) is 6.04 Å². The Bertz CT molecular complexity index is 650. The molecule has 7 nitrogen and oxygen atoms in total. The summed E-state index contributed by atoms with van der Waals surface area (Å²) in [4.78, 5) is 32.3. The molecular weight excluding hydrogens is 372 g/mol. The molecule has 22 heavy (non-hydrogen) atoms. The average Bonchev–Trinajstić information content (AvgIpc) is 2.98. The second-order valence-corrected chi connectivity index (χ2v) is 6.57. The lowest BCUT2D eigenvalue weighted by Crippen LogP contribution is -2.42. The number of carbonyl (C=O) groups is 2. The van der Waals surface area contributed by atoms with Crippen LogP contribution in [0.15, 0.2) is 34.4 Å². The number of esters is 1. The fraction of sp³-hybridized carbons (Fsp3) is 0.231. The Kier molecular flexibility index (Phi) is 5.84. The van der Waals surface area contributed by atoms with E-state index in [1.165, 1.54) is 18.4 Å². The minimum absolute atomic E-state index is 0.0548. The number of hydrogen-bond acceptors (Lipinski definition) is 7. The van der Waals surface area contributed by atoms with E-state index in [4.69, 9.17) is 4.74 Å². The van der Waals surface area contributed by atoms with E-state index in [1.54, 1.807) is 30.6 Å². The highest BCUT2D eigenvalue weighted by atomic mass is 79.9. The van der Waals surface area contributed by atoms with Crippen molar-refractivity contribution in [1.29, 1.82) is 0 Å². The molecule has 0 aliphatic rings. The summed E-state index contributed by atoms with van der Waals surface area (Å²) in [6.45, 7) is 0.0548. The molecule has 2 rings (SSSR count). The van der Waals surface area contributed by atoms with Crippen LogP contribution in [0.5, 0.6) is 0 Å². The van der Waals surface area contributed by atoms with Crippen LogP contribution in [0, 0.1) is 0 Å². The number of aromatic nitrogens is 2. The molecule has 0 fully saturated rings. The van der Waals surface area contributed by atoms with Gasteiger partial charge in [0.05, 0.1) is 15.8 Å². The number of carbonyl (C=O) groups excluding carboxylic acids is 2. The van der Waals surface area contributed by atoms with Crippen molar-refractivity contribution in [2.24, 2.45) is 0 Å². The number of hydrogen-bond donors (Lipinski definition) is 2. The quantitative estimate of drug-likeness (QED) is 0.736. The molecule has 2 aromatic heterocycles. The molecule has 0 saturated heterocycles. The molecule has 2 aromatic rings. The van der Waals surface area contributed by atoms with Gasteiger partial charge in [-0.1, -0.05) is 0 Å². The van der Waals surface area contributed by atoms with Crippen LogP contribution < -0.4 is 10.6 Å². The van der Waals surface area contributed by atoms with Gasteiger partial charge < -0.3 is 15.4 Å². The van der Waals surface area contributed by atoms with Gasteiger partial charge in [-0.05, 0) is 34.1 Å². The zero-order valence-corrected chi connectivity index (χ0v) is 14.0. The topological polar surface area (TPSA) is 93.2 Å². The van der Waals surface area contributed by atoms with Crippen molar-refractivity contribution in [3.8, 4) is 0 Å². The standard InChI is InChI=1S/C13H13BrN4O3S/c1-21-12(20)8(18-13-15-5-2-6-16-13)7-17-11(19)9-3-4-10(14)22-9/h2-6,8H,7H2,1H3,(H,17,19)(H,15,16,18). The predicted octanol–water partition coefficient (Wildman–Crippen LogP) is 1.68. The molecule has 0 spiro atoms. The number of nitrogens with zero attached hydrogens (tertiary/aromatic N) is 2. The van der Waals surface area contributed by atoms with Crippen LogP contribution in [0.4, 0.5) is 5.95 Å². The molecule has 1 atom stereocenters. The highest BCUT2D eigenvalue weighted by molar-refractivity contribution is 9.11. The maximum Gasteiger partial charge on any atom is 0.330 e. The van der Waals surface area contributed by atoms with Crippen LogP contribution in [0.25, 0.3) is 0 Å². The maximum absolute atomic E-state index is 12.0. The van der Waals surface area contributed by atoms with E-state index in [9.17, 15) is 9.59 Å². The van der Waals surface area contributed by atoms with Crippen LogP contribution in [-0.2, 0) is 9.53 Å². The highest BCUT2D eigenvalue weighted by Gasteiger charge is 2.21. The van der Waals surface area contributed by atoms with Crippen molar-refractivity contribution in [3.05, 3.63) is 39.3 Å². The predicted molar refractivity (Wildman–Crippen MR) is 85.8 cm³/mol. The largest absolute Gasteiger partial charge is 0.467 e. The number of ether oxygens (including phenoxy) is 1. The molecule has 2 heterocycles. The second kappa shape index (κ2) is 7.85. The SMILES string of the molecule is COC(=O)C(CNC(=O)c1ccc(Br)s1)Nc1ncccn1. The van der Waals surface area contributed by atoms with Gasteiger partial charge in [0.25, 0.3) is 5.91 Å². The third kappa shape index (κ3) is 4.50. The molecule has 0 aliphatic heterocycles. The van der Waals surface area contributed by atoms with Crippen molar-refractivity contribution in [2.75, 3.05) is 19.0 Å². The monoisotopic (exact) mass is 384 g/mol. The van der Waals surface area contributed by atoms with Gasteiger partial charge in [0, 0.05) is 18.9 Å². The van der Waals surface area contributed by atoms with Crippen LogP contribution in [-0.4, -0.2) is 41.5 Å². The van der Waals surface area contributed by atoms with Gasteiger partial charge in [0.2, 0.25) is 5.95 Å². The number of rotatable bonds is 6. The first kappa shape index (κ1) is 16.4. The minimum Gasteiger partial charge on any atom is -0.467 e. The van der Waals surface area contributed by atoms with Gasteiger partial charge in [-0.2, -0.15) is 0 Å². The summed E-state index contributed by atoms with van der Waals surface area (Å²) in [7, 11) is 1.28. The van der Waals surface area contributed by atoms with Gasteiger partial charge in [-0.25, -0.2) is 14.8 Å². The van der Waals surface area contributed by atoms with Crippen molar-refractivity contribution in [1.82, 2.24) is 15.3 Å². The van der Waals surface area contributed by atoms with Gasteiger partial charge in [-0.3, -0.25) is 4.79 Å². The number of methoxy groups -OCH3 is 1. The van der Waals surface area contributed by atoms with E-state index in [1.807, 2.05) is 0 Å². The number of halogens is 1. The lowest BCUT2D eigenvalue weighted by molar-refractivity contribution is -0.141. The first-order valence-electron chi connectivity index (χ1n) is 6.25. The average molecular weight is 385 g/mol. The van der Waals surface area contributed by atoms with Crippen molar-refractivity contribution in [3.63, 3.8) is 0 Å². The minimum atomic E-state index is -0.778. The molecular formula is C13H13BrN4O3S. The summed E-state index contributed by atoms with van der Waals surface area (Å²) in [5.41, 5.74) is 0. The maximum atomic E-state index is 12.0. The molecule has 1 amide bonds. The summed E-state index contributed by atoms with van der Waals surface area (Å²) in [6.07, 6.45) is 3.09. The Morgan fingerprint density at radius 1 is 1.36 bits per heavy atom. The zero-order chi connectivity index (χ0) is 15.9. The number of anilines is 1. The summed E-state index contributed by atoms with van der Waals surface area (Å²) >= 11 is 4.60. The number of nitrogens with one attached hydrogen (secondary N) is 2. The highest BCUT2D eigenvalue weighted by Crippen LogP contribution is 2.21. The van der Waals surface area contributed by atoms with E-state index in [2.05, 4.69) is 36.5 Å². The van der Waals surface area contributed by atoms with Gasteiger partial charge in [0.1, 0.15) is 6.04 Å². The first-order valence-corrected chi connectivity index (χ1v) is 7.86. The third-order valence-electron chi connectivity index (χ3n) is 2.62. The Labute approximate surface area is 139 Å². The summed E-state index contributed by atoms with van der Waals surface area (Å²) < 4.78 is 5.57. The fourth-order valence-corrected chi connectivity index (χ4v) is 2.89. The van der Waals surface area contributed by atoms with Gasteiger partial charge in [0.15, 0.2) is 0 Å². The van der Waals surface area contributed by atoms with E-state index in [-0.39, 0.29) is 18.4 Å². The molecule has 2 N–H and O–H groups in total. The zero-order valence-electron chi connectivity index (χ0n) is 11.6. The van der Waals surface area contributed by atoms with E-state index < -0.39 is 12.0 Å². The first-order chi connectivity index (χ1) is 10.6. The molecule has 0 bridgehead atoms. The molecule has 1 unspecified atom stereocenters. The third-order valence-corrected chi connectivity index (χ3v) is 4.24. The van der Waals surface area contributed by atoms with Crippen LogP contribution >= 0.6 is 27.3 Å². The van der Waals surface area contributed by atoms with Gasteiger partial charge in [-0.15, -0.1) is 11.3 Å². The molecule has 0 aromatic carbocycles. The summed E-state index contributed by atoms with van der Waals surface area (Å²) in [5.74, 6) is -0.494. The van der Waals surface area contributed by atoms with E-state index in [0.29, 0.717) is 4.88 Å². The second-order valence-electron chi connectivity index (χ2n) is 4.11. The summed E-state index contributed by atoms with van der Waals surface area (Å²) in [5, 5.41) is 5.50. The van der Waals surface area contributed by atoms with Gasteiger partial charge >= 0.3 is 5.97 Å². The molecule has 0 aliphatic carbocycles. The smallest absolute Gasteiger partial charge is 0.330 e. The Hall–Kier alpha value is -2.00. The number of thiophene rings is 1. The van der Waals surface area contributed by atoms with E-state index >= 15 is 0 Å². The Morgan fingerprint density at radius 2 is 2.09 bits per heavy atom. The lowest BCUT2D eigenvalue weighted by Gasteiger charge is -2.16. The molecule has 116 valence electrons. The molecule has 0 radical (unpaired) electrons. The molecule has 9 heteroatoms. The lowest BCUT2D eigenvalue weighted by atomic mass is 10.3. The summed E-state index contributed by atoms with van der Waals surface area (Å²) in [6, 6.07) is 4.37. The Morgan fingerprint density at radius 3 is 2.68 bits per heavy atom. The van der Waals surface area contributed by atoms with Crippen molar-refractivity contribution < 1.29 is 14.3 Å². The van der Waals surface area contributed by atoms with E-state index in [0.717, 1.165) is 3.79 Å². The van der Waals surface area contributed by atoms with Crippen LogP contribution in [0.1, 0.15) is 9.67 Å². The number of amides is 1. The van der Waals surface area contributed by atoms with Crippen LogP contribution in [0.3, 0.4) is 0 Å².